The molecule has 0 radical (unpaired) electrons. The average molecular weight is 500 g/mol. The van der Waals surface area contributed by atoms with Crippen molar-refractivity contribution < 1.29 is 19.4 Å². The van der Waals surface area contributed by atoms with Gasteiger partial charge in [0.2, 0.25) is 5.88 Å². The standard InChI is InChI=1S/C27H41N5O4/c1-19-16-32(20(2)18-33)26(34)23-14-21(10-9-13-30(3)4)15-28-25(23)36-24(19)17-31(5)27(35)29-22-11-7-6-8-12-22/h14-15,19-20,22,24,33H,6-8,11-13,16-18H2,1-5H3,(H,29,35)/t19-,20+,24-/m1/s1. The molecule has 0 aromatic carbocycles. The van der Waals surface area contributed by atoms with Gasteiger partial charge in [0.25, 0.3) is 5.91 Å². The third-order valence-corrected chi connectivity index (χ3v) is 6.88. The van der Waals surface area contributed by atoms with Crippen molar-refractivity contribution in [1.29, 1.82) is 0 Å². The summed E-state index contributed by atoms with van der Waals surface area (Å²) in [5, 5.41) is 13.0. The fraction of sp³-hybridized carbons (Fsp3) is 0.667. The van der Waals surface area contributed by atoms with Crippen LogP contribution in [0.4, 0.5) is 4.79 Å². The number of likely N-dealkylation sites (N-methyl/N-ethyl adjacent to an activating group) is 1. The van der Waals surface area contributed by atoms with Gasteiger partial charge in [-0.15, -0.1) is 0 Å². The molecule has 2 aliphatic rings. The Kier molecular flexibility index (Phi) is 9.97. The summed E-state index contributed by atoms with van der Waals surface area (Å²) in [5.41, 5.74) is 0.941. The summed E-state index contributed by atoms with van der Waals surface area (Å²) in [4.78, 5) is 36.1. The number of fused-ring (bicyclic) bond motifs is 1. The Morgan fingerprint density at radius 2 is 2.03 bits per heavy atom. The Hall–Kier alpha value is -2.83. The minimum atomic E-state index is -0.384. The van der Waals surface area contributed by atoms with E-state index in [0.29, 0.717) is 30.8 Å². The molecule has 0 bridgehead atoms. The van der Waals surface area contributed by atoms with Crippen molar-refractivity contribution in [3.63, 3.8) is 0 Å². The van der Waals surface area contributed by atoms with E-state index >= 15 is 0 Å². The van der Waals surface area contributed by atoms with Gasteiger partial charge in [0.1, 0.15) is 11.7 Å². The molecule has 9 heteroatoms. The minimum absolute atomic E-state index is 0.0950. The second-order valence-corrected chi connectivity index (χ2v) is 10.4. The molecule has 36 heavy (non-hydrogen) atoms. The second-order valence-electron chi connectivity index (χ2n) is 10.4. The quantitative estimate of drug-likeness (QED) is 0.583. The van der Waals surface area contributed by atoms with E-state index in [1.165, 1.54) is 6.42 Å². The number of amides is 3. The van der Waals surface area contributed by atoms with Crippen molar-refractivity contribution in [3.8, 4) is 17.7 Å². The lowest BCUT2D eigenvalue weighted by Crippen LogP contribution is -2.52. The largest absolute Gasteiger partial charge is 0.472 e. The fourth-order valence-electron chi connectivity index (χ4n) is 4.57. The van der Waals surface area contributed by atoms with Gasteiger partial charge in [0.15, 0.2) is 0 Å². The maximum absolute atomic E-state index is 13.5. The van der Waals surface area contributed by atoms with E-state index in [2.05, 4.69) is 22.1 Å². The number of aliphatic hydroxyl groups is 1. The smallest absolute Gasteiger partial charge is 0.317 e. The highest BCUT2D eigenvalue weighted by Gasteiger charge is 2.35. The molecule has 2 heterocycles. The van der Waals surface area contributed by atoms with E-state index in [1.807, 2.05) is 32.8 Å². The van der Waals surface area contributed by atoms with Gasteiger partial charge in [0.05, 0.1) is 25.7 Å². The number of carbonyl (C=O) groups is 2. The molecule has 0 spiro atoms. The molecule has 198 valence electrons. The first-order valence-corrected chi connectivity index (χ1v) is 12.9. The summed E-state index contributed by atoms with van der Waals surface area (Å²) in [6, 6.07) is 1.44. The highest BCUT2D eigenvalue weighted by atomic mass is 16.5. The lowest BCUT2D eigenvalue weighted by atomic mass is 9.96. The number of nitrogens with zero attached hydrogens (tertiary/aromatic N) is 4. The van der Waals surface area contributed by atoms with E-state index in [-0.39, 0.29) is 48.5 Å². The van der Waals surface area contributed by atoms with Crippen LogP contribution in [0.15, 0.2) is 12.3 Å². The van der Waals surface area contributed by atoms with Gasteiger partial charge >= 0.3 is 6.03 Å². The third-order valence-electron chi connectivity index (χ3n) is 6.88. The van der Waals surface area contributed by atoms with E-state index in [4.69, 9.17) is 4.74 Å². The van der Waals surface area contributed by atoms with Crippen molar-refractivity contribution in [1.82, 2.24) is 25.0 Å². The average Bonchev–Trinajstić information content (AvgIpc) is 2.86. The number of hydrogen-bond acceptors (Lipinski definition) is 6. The van der Waals surface area contributed by atoms with Crippen LogP contribution in [0, 0.1) is 17.8 Å². The van der Waals surface area contributed by atoms with Crippen LogP contribution in [0.3, 0.4) is 0 Å². The summed E-state index contributed by atoms with van der Waals surface area (Å²) < 4.78 is 6.29. The monoisotopic (exact) mass is 499 g/mol. The number of urea groups is 1. The Morgan fingerprint density at radius 1 is 1.31 bits per heavy atom. The van der Waals surface area contributed by atoms with Crippen molar-refractivity contribution in [2.24, 2.45) is 5.92 Å². The molecule has 3 amide bonds. The number of carbonyl (C=O) groups excluding carboxylic acids is 2. The number of ether oxygens (including phenoxy) is 1. The molecule has 1 aromatic rings. The number of hydrogen-bond donors (Lipinski definition) is 2. The van der Waals surface area contributed by atoms with Crippen LogP contribution in [-0.2, 0) is 0 Å². The van der Waals surface area contributed by atoms with Crippen molar-refractivity contribution in [3.05, 3.63) is 23.4 Å². The van der Waals surface area contributed by atoms with E-state index in [0.717, 1.165) is 25.7 Å². The van der Waals surface area contributed by atoms with Gasteiger partial charge in [-0.05, 0) is 39.9 Å². The molecule has 1 aromatic heterocycles. The fourth-order valence-corrected chi connectivity index (χ4v) is 4.57. The Morgan fingerprint density at radius 3 is 2.69 bits per heavy atom. The number of rotatable bonds is 6. The normalized spacial score (nSPS) is 21.4. The molecular weight excluding hydrogens is 458 g/mol. The van der Waals surface area contributed by atoms with Crippen LogP contribution in [-0.4, -0.2) is 102 Å². The summed E-state index contributed by atoms with van der Waals surface area (Å²) in [7, 11) is 5.64. The van der Waals surface area contributed by atoms with Crippen LogP contribution in [0.1, 0.15) is 61.9 Å². The molecule has 1 aliphatic heterocycles. The maximum Gasteiger partial charge on any atom is 0.317 e. The zero-order chi connectivity index (χ0) is 26.2. The minimum Gasteiger partial charge on any atom is -0.472 e. The molecule has 1 saturated carbocycles. The summed E-state index contributed by atoms with van der Waals surface area (Å²) in [5.74, 6) is 6.00. The zero-order valence-corrected chi connectivity index (χ0v) is 22.3. The molecule has 3 rings (SSSR count). The number of pyridine rings is 1. The first-order chi connectivity index (χ1) is 17.2. The molecule has 2 N–H and O–H groups in total. The highest BCUT2D eigenvalue weighted by Crippen LogP contribution is 2.27. The molecule has 1 aliphatic carbocycles. The first kappa shape index (κ1) is 27.8. The number of nitrogens with one attached hydrogen (secondary N) is 1. The van der Waals surface area contributed by atoms with Crippen molar-refractivity contribution in [2.45, 2.75) is 64.1 Å². The molecule has 9 nitrogen and oxygen atoms in total. The maximum atomic E-state index is 13.5. The lowest BCUT2D eigenvalue weighted by molar-refractivity contribution is 0.0351. The van der Waals surface area contributed by atoms with Gasteiger partial charge in [0, 0.05) is 37.3 Å². The van der Waals surface area contributed by atoms with Gasteiger partial charge in [-0.1, -0.05) is 38.0 Å². The Bertz CT molecular complexity index is 967. The molecule has 1 fully saturated rings. The molecule has 0 saturated heterocycles. The van der Waals surface area contributed by atoms with Crippen molar-refractivity contribution >= 4 is 11.9 Å². The van der Waals surface area contributed by atoms with E-state index in [1.54, 1.807) is 29.1 Å². The molecular formula is C27H41N5O4. The number of aliphatic hydroxyl groups excluding tert-OH is 1. The summed E-state index contributed by atoms with van der Waals surface area (Å²) >= 11 is 0. The SMILES string of the molecule is C[C@@H]1CN([C@@H](C)CO)C(=O)c2cc(C#CCN(C)C)cnc2O[C@@H]1CN(C)C(=O)NC1CCCCC1. The topological polar surface area (TPSA) is 98.2 Å². The predicted octanol–water partition coefficient (Wildman–Crippen LogP) is 2.19. The van der Waals surface area contributed by atoms with Gasteiger partial charge in [-0.3, -0.25) is 9.69 Å². The molecule has 3 atom stereocenters. The van der Waals surface area contributed by atoms with Crippen LogP contribution >= 0.6 is 0 Å². The van der Waals surface area contributed by atoms with Crippen LogP contribution in [0.5, 0.6) is 5.88 Å². The van der Waals surface area contributed by atoms with Gasteiger partial charge < -0.3 is 25.0 Å². The first-order valence-electron chi connectivity index (χ1n) is 12.9. The second kappa shape index (κ2) is 12.9. The Labute approximate surface area is 215 Å². The highest BCUT2D eigenvalue weighted by molar-refractivity contribution is 5.97. The summed E-state index contributed by atoms with van der Waals surface area (Å²) in [6.45, 7) is 4.98. The van der Waals surface area contributed by atoms with Crippen LogP contribution in [0.2, 0.25) is 0 Å². The van der Waals surface area contributed by atoms with E-state index < -0.39 is 0 Å². The van der Waals surface area contributed by atoms with Gasteiger partial charge in [-0.2, -0.15) is 0 Å². The predicted molar refractivity (Wildman–Crippen MR) is 139 cm³/mol. The Balaban J connectivity index is 1.83. The molecule has 0 unspecified atom stereocenters. The number of aromatic nitrogens is 1. The van der Waals surface area contributed by atoms with Crippen molar-refractivity contribution in [2.75, 3.05) is 47.4 Å². The summed E-state index contributed by atoms with van der Waals surface area (Å²) in [6.07, 6.45) is 6.78. The zero-order valence-electron chi connectivity index (χ0n) is 22.3. The van der Waals surface area contributed by atoms with Crippen LogP contribution < -0.4 is 10.1 Å². The van der Waals surface area contributed by atoms with Gasteiger partial charge in [-0.25, -0.2) is 9.78 Å². The van der Waals surface area contributed by atoms with E-state index in [9.17, 15) is 14.7 Å². The lowest BCUT2D eigenvalue weighted by Gasteiger charge is -2.38. The third kappa shape index (κ3) is 7.34. The van der Waals surface area contributed by atoms with Crippen LogP contribution in [0.25, 0.3) is 0 Å².